The third kappa shape index (κ3) is 3.85. The van der Waals surface area contributed by atoms with Gasteiger partial charge in [-0.2, -0.15) is 5.10 Å². The number of nitrogens with two attached hydrogens (primary N) is 1. The van der Waals surface area contributed by atoms with Crippen LogP contribution in [0, 0.1) is 0 Å². The van der Waals surface area contributed by atoms with Crippen molar-refractivity contribution in [3.8, 4) is 0 Å². The Balaban J connectivity index is 1.52. The second kappa shape index (κ2) is 7.87. The van der Waals surface area contributed by atoms with E-state index in [2.05, 4.69) is 59.5 Å². The van der Waals surface area contributed by atoms with Gasteiger partial charge in [0.2, 0.25) is 5.91 Å². The monoisotopic (exact) mass is 395 g/mol. The lowest BCUT2D eigenvalue weighted by Crippen LogP contribution is -2.35. The SMILES string of the molecule is CCC1=CC(c2cnn(CC(N)=O)c2)CC=C1N(C)C1=NCC2NCN(C)C2=C1. The number of carbonyl (C=O) groups is 1. The molecule has 3 aliphatic rings. The quantitative estimate of drug-likeness (QED) is 0.781. The normalized spacial score (nSPS) is 23.8. The first kappa shape index (κ1) is 19.4. The molecule has 1 aromatic heterocycles. The number of hydrogen-bond acceptors (Lipinski definition) is 6. The van der Waals surface area contributed by atoms with Crippen molar-refractivity contribution >= 4 is 11.7 Å². The highest BCUT2D eigenvalue weighted by molar-refractivity contribution is 5.96. The number of amides is 1. The van der Waals surface area contributed by atoms with Crippen LogP contribution in [-0.4, -0.2) is 64.7 Å². The second-order valence-electron chi connectivity index (χ2n) is 7.85. The summed E-state index contributed by atoms with van der Waals surface area (Å²) >= 11 is 0. The lowest BCUT2D eigenvalue weighted by molar-refractivity contribution is -0.118. The van der Waals surface area contributed by atoms with Gasteiger partial charge in [0.25, 0.3) is 0 Å². The maximum atomic E-state index is 11.1. The maximum Gasteiger partial charge on any atom is 0.239 e. The number of fused-ring (bicyclic) bond motifs is 1. The Morgan fingerprint density at radius 2 is 2.28 bits per heavy atom. The number of rotatable bonds is 5. The number of carbonyl (C=O) groups excluding carboxylic acids is 1. The van der Waals surface area contributed by atoms with Gasteiger partial charge in [0.15, 0.2) is 0 Å². The molecule has 0 bridgehead atoms. The first-order valence-corrected chi connectivity index (χ1v) is 10.1. The number of nitrogens with zero attached hydrogens (tertiary/aromatic N) is 5. The summed E-state index contributed by atoms with van der Waals surface area (Å²) in [5.74, 6) is 0.875. The van der Waals surface area contributed by atoms with Gasteiger partial charge in [0.05, 0.1) is 25.5 Å². The summed E-state index contributed by atoms with van der Waals surface area (Å²) in [6.45, 7) is 3.94. The van der Waals surface area contributed by atoms with Crippen molar-refractivity contribution in [1.82, 2.24) is 24.9 Å². The molecule has 0 aromatic carbocycles. The van der Waals surface area contributed by atoms with Crippen molar-refractivity contribution < 1.29 is 4.79 Å². The number of hydrogen-bond donors (Lipinski definition) is 2. The standard InChI is InChI=1S/C21H29N7O/c1-4-14-7-15(16-9-25-28(11-16)12-20(22)29)5-6-18(14)27(3)21-8-19-17(10-23-21)24-13-26(19)2/h6-9,11,15,17,24H,4-5,10,12-13H2,1-3H3,(H2,22,29). The third-order valence-electron chi connectivity index (χ3n) is 5.87. The third-order valence-corrected chi connectivity index (χ3v) is 5.87. The zero-order valence-corrected chi connectivity index (χ0v) is 17.3. The molecule has 1 amide bonds. The van der Waals surface area contributed by atoms with Gasteiger partial charge >= 0.3 is 0 Å². The lowest BCUT2D eigenvalue weighted by atomic mass is 9.88. The van der Waals surface area contributed by atoms with Gasteiger partial charge in [0.1, 0.15) is 12.4 Å². The molecule has 8 heteroatoms. The molecule has 1 aliphatic carbocycles. The van der Waals surface area contributed by atoms with Crippen LogP contribution in [0.4, 0.5) is 0 Å². The van der Waals surface area contributed by atoms with Crippen LogP contribution >= 0.6 is 0 Å². The molecule has 0 saturated carbocycles. The smallest absolute Gasteiger partial charge is 0.239 e. The van der Waals surface area contributed by atoms with Crippen LogP contribution < -0.4 is 11.1 Å². The fraction of sp³-hybridized carbons (Fsp3) is 0.476. The minimum absolute atomic E-state index is 0.111. The van der Waals surface area contributed by atoms with Gasteiger partial charge in [-0.15, -0.1) is 0 Å². The molecule has 0 spiro atoms. The molecule has 0 radical (unpaired) electrons. The fourth-order valence-electron chi connectivity index (χ4n) is 4.23. The number of nitrogens with one attached hydrogen (secondary N) is 1. The van der Waals surface area contributed by atoms with Crippen molar-refractivity contribution in [2.24, 2.45) is 10.7 Å². The summed E-state index contributed by atoms with van der Waals surface area (Å²) in [5.41, 5.74) is 10.2. The van der Waals surface area contributed by atoms with Crippen molar-refractivity contribution in [1.29, 1.82) is 0 Å². The van der Waals surface area contributed by atoms with E-state index in [0.717, 1.165) is 37.5 Å². The van der Waals surface area contributed by atoms with Crippen LogP contribution in [-0.2, 0) is 11.3 Å². The first-order chi connectivity index (χ1) is 14.0. The molecular weight excluding hydrogens is 366 g/mol. The highest BCUT2D eigenvalue weighted by atomic mass is 16.1. The van der Waals surface area contributed by atoms with Crippen molar-refractivity contribution in [2.75, 3.05) is 27.3 Å². The van der Waals surface area contributed by atoms with E-state index in [0.29, 0.717) is 6.04 Å². The van der Waals surface area contributed by atoms with Gasteiger partial charge in [-0.25, -0.2) is 0 Å². The van der Waals surface area contributed by atoms with Crippen LogP contribution in [0.25, 0.3) is 0 Å². The number of dihydropyridines is 1. The van der Waals surface area contributed by atoms with Gasteiger partial charge < -0.3 is 15.5 Å². The molecule has 8 nitrogen and oxygen atoms in total. The van der Waals surface area contributed by atoms with Gasteiger partial charge in [-0.3, -0.25) is 19.8 Å². The van der Waals surface area contributed by atoms with E-state index in [4.69, 9.17) is 10.7 Å². The van der Waals surface area contributed by atoms with E-state index in [1.807, 2.05) is 12.4 Å². The van der Waals surface area contributed by atoms with Gasteiger partial charge in [-0.1, -0.05) is 19.1 Å². The van der Waals surface area contributed by atoms with Crippen LogP contribution in [0.1, 0.15) is 31.2 Å². The molecule has 3 N–H and O–H groups in total. The predicted octanol–water partition coefficient (Wildman–Crippen LogP) is 1.16. The Bertz CT molecular complexity index is 923. The zero-order chi connectivity index (χ0) is 20.5. The highest BCUT2D eigenvalue weighted by Gasteiger charge is 2.29. The number of aromatic nitrogens is 2. The number of allylic oxidation sites excluding steroid dienone is 3. The van der Waals surface area contributed by atoms with Crippen LogP contribution in [0.3, 0.4) is 0 Å². The van der Waals surface area contributed by atoms with E-state index in [1.165, 1.54) is 17.0 Å². The van der Waals surface area contributed by atoms with E-state index in [-0.39, 0.29) is 18.4 Å². The van der Waals surface area contributed by atoms with Crippen LogP contribution in [0.5, 0.6) is 0 Å². The Kier molecular flexibility index (Phi) is 5.27. The Morgan fingerprint density at radius 1 is 1.45 bits per heavy atom. The van der Waals surface area contributed by atoms with Crippen molar-refractivity contribution in [3.05, 3.63) is 53.2 Å². The molecule has 2 unspecified atom stereocenters. The Labute approximate surface area is 171 Å². The molecule has 1 aromatic rings. The Morgan fingerprint density at radius 3 is 3.03 bits per heavy atom. The maximum absolute atomic E-state index is 11.1. The average molecular weight is 396 g/mol. The molecule has 29 heavy (non-hydrogen) atoms. The van der Waals surface area contributed by atoms with Gasteiger partial charge in [0, 0.05) is 43.7 Å². The van der Waals surface area contributed by atoms with Crippen molar-refractivity contribution in [3.63, 3.8) is 0 Å². The zero-order valence-electron chi connectivity index (χ0n) is 17.3. The number of likely N-dealkylation sites (N-methyl/N-ethyl adjacent to an activating group) is 2. The molecular formula is C21H29N7O. The summed E-state index contributed by atoms with van der Waals surface area (Å²) in [4.78, 5) is 20.4. The number of primary amides is 1. The van der Waals surface area contributed by atoms with Crippen LogP contribution in [0.2, 0.25) is 0 Å². The largest absolute Gasteiger partial charge is 0.368 e. The second-order valence-corrected chi connectivity index (χ2v) is 7.85. The fourth-order valence-corrected chi connectivity index (χ4v) is 4.23. The topological polar surface area (TPSA) is 91.8 Å². The summed E-state index contributed by atoms with van der Waals surface area (Å²) in [6.07, 6.45) is 12.4. The number of aliphatic imine (C=N–C) groups is 1. The predicted molar refractivity (Wildman–Crippen MR) is 113 cm³/mol. The lowest BCUT2D eigenvalue weighted by Gasteiger charge is -2.31. The molecule has 2 atom stereocenters. The van der Waals surface area contributed by atoms with E-state index < -0.39 is 0 Å². The summed E-state index contributed by atoms with van der Waals surface area (Å²) in [6, 6.07) is 0.333. The van der Waals surface area contributed by atoms with E-state index in [9.17, 15) is 4.79 Å². The minimum atomic E-state index is -0.385. The molecule has 154 valence electrons. The first-order valence-electron chi connectivity index (χ1n) is 10.1. The van der Waals surface area contributed by atoms with E-state index in [1.54, 1.807) is 4.68 Å². The molecule has 4 rings (SSSR count). The van der Waals surface area contributed by atoms with Crippen molar-refractivity contribution in [2.45, 2.75) is 38.3 Å². The highest BCUT2D eigenvalue weighted by Crippen LogP contribution is 2.33. The summed E-state index contributed by atoms with van der Waals surface area (Å²) in [5, 5.41) is 7.74. The van der Waals surface area contributed by atoms with Gasteiger partial charge in [-0.05, 0) is 24.0 Å². The van der Waals surface area contributed by atoms with E-state index >= 15 is 0 Å². The van der Waals surface area contributed by atoms with Crippen LogP contribution in [0.15, 0.2) is 52.6 Å². The summed E-state index contributed by atoms with van der Waals surface area (Å²) in [7, 11) is 4.21. The molecule has 3 heterocycles. The molecule has 2 aliphatic heterocycles. The minimum Gasteiger partial charge on any atom is -0.368 e. The number of amidine groups is 1. The molecule has 1 fully saturated rings. The Hall–Kier alpha value is -2.87. The average Bonchev–Trinajstić information content (AvgIpc) is 3.33. The summed E-state index contributed by atoms with van der Waals surface area (Å²) < 4.78 is 1.61. The molecule has 1 saturated heterocycles.